The number of hydrogen-bond acceptors (Lipinski definition) is 4. The molecule has 6 heteroatoms. The van der Waals surface area contributed by atoms with Crippen LogP contribution in [-0.2, 0) is 21.7 Å². The van der Waals surface area contributed by atoms with Crippen molar-refractivity contribution >= 4 is 43.6 Å². The van der Waals surface area contributed by atoms with Crippen molar-refractivity contribution in [1.82, 2.24) is 29.1 Å². The first kappa shape index (κ1) is 46.7. The minimum atomic E-state index is -0.0452. The maximum absolute atomic E-state index is 5.26. The van der Waals surface area contributed by atoms with Crippen molar-refractivity contribution in [2.75, 3.05) is 0 Å². The number of aromatic nitrogens is 6. The summed E-state index contributed by atoms with van der Waals surface area (Å²) in [7, 11) is 0. The molecule has 6 nitrogen and oxygen atoms in total. The van der Waals surface area contributed by atoms with Gasteiger partial charge in [-0.15, -0.1) is 0 Å². The molecule has 0 aliphatic rings. The van der Waals surface area contributed by atoms with Gasteiger partial charge in [-0.05, 0) is 105 Å². The van der Waals surface area contributed by atoms with Gasteiger partial charge in [0.25, 0.3) is 0 Å². The summed E-state index contributed by atoms with van der Waals surface area (Å²) in [5, 5.41) is 4.91. The minimum absolute atomic E-state index is 0.0216. The third-order valence-electron chi connectivity index (χ3n) is 14.5. The van der Waals surface area contributed by atoms with Crippen LogP contribution in [0.15, 0.2) is 170 Å². The topological polar surface area (TPSA) is 61.4 Å². The van der Waals surface area contributed by atoms with E-state index in [1.165, 1.54) is 43.8 Å². The summed E-state index contributed by atoms with van der Waals surface area (Å²) in [6.07, 6.45) is 3.98. The highest BCUT2D eigenvalue weighted by Gasteiger charge is 2.27. The number of rotatable bonds is 6. The number of pyridine rings is 1. The molecular weight excluding hydrogens is 877 g/mol. The largest absolute Gasteiger partial charge is 0.309 e. The van der Waals surface area contributed by atoms with Crippen LogP contribution in [0.3, 0.4) is 0 Å². The Balaban J connectivity index is 1.24. The molecule has 0 N–H and O–H groups in total. The maximum Gasteiger partial charge on any atom is 0.164 e. The molecule has 0 spiro atoms. The summed E-state index contributed by atoms with van der Waals surface area (Å²) >= 11 is 0. The zero-order valence-electron chi connectivity index (χ0n) is 43.8. The molecule has 0 saturated carbocycles. The Kier molecular flexibility index (Phi) is 11.0. The molecule has 11 rings (SSSR count). The molecule has 0 amide bonds. The average Bonchev–Trinajstić information content (AvgIpc) is 3.87. The molecule has 4 heterocycles. The molecule has 4 aromatic heterocycles. The molecule has 0 fully saturated rings. The van der Waals surface area contributed by atoms with Gasteiger partial charge < -0.3 is 9.13 Å². The highest BCUT2D eigenvalue weighted by atomic mass is 15.0. The van der Waals surface area contributed by atoms with Crippen LogP contribution in [-0.4, -0.2) is 29.1 Å². The van der Waals surface area contributed by atoms with E-state index in [0.717, 1.165) is 61.3 Å². The second-order valence-electron chi connectivity index (χ2n) is 23.8. The Morgan fingerprint density at radius 1 is 0.319 bits per heavy atom. The van der Waals surface area contributed by atoms with Gasteiger partial charge in [0.05, 0.1) is 39.6 Å². The lowest BCUT2D eigenvalue weighted by atomic mass is 9.85. The fourth-order valence-corrected chi connectivity index (χ4v) is 10.2. The van der Waals surface area contributed by atoms with E-state index in [1.807, 2.05) is 48.8 Å². The molecule has 11 aromatic rings. The lowest BCUT2D eigenvalue weighted by molar-refractivity contribution is 0.590. The van der Waals surface area contributed by atoms with Crippen molar-refractivity contribution < 1.29 is 0 Å². The fourth-order valence-electron chi connectivity index (χ4n) is 10.2. The highest BCUT2D eigenvalue weighted by molar-refractivity contribution is 6.12. The molecule has 0 aliphatic carbocycles. The summed E-state index contributed by atoms with van der Waals surface area (Å²) in [6, 6.07) is 57.5. The van der Waals surface area contributed by atoms with Gasteiger partial charge >= 0.3 is 0 Å². The summed E-state index contributed by atoms with van der Waals surface area (Å²) in [5.74, 6) is 1.85. The fraction of sp³-hybridized carbons (Fsp3) is 0.242. The van der Waals surface area contributed by atoms with E-state index >= 15 is 0 Å². The zero-order valence-corrected chi connectivity index (χ0v) is 43.8. The summed E-state index contributed by atoms with van der Waals surface area (Å²) in [6.45, 7) is 27.5. The Bertz CT molecular complexity index is 3680. The van der Waals surface area contributed by atoms with Crippen molar-refractivity contribution in [2.24, 2.45) is 0 Å². The third kappa shape index (κ3) is 8.26. The Morgan fingerprint density at radius 3 is 1.04 bits per heavy atom. The Labute approximate surface area is 424 Å². The highest BCUT2D eigenvalue weighted by Crippen LogP contribution is 2.44. The van der Waals surface area contributed by atoms with E-state index < -0.39 is 0 Å². The van der Waals surface area contributed by atoms with Crippen LogP contribution in [0.25, 0.3) is 100 Å². The van der Waals surface area contributed by atoms with Gasteiger partial charge in [-0.3, -0.25) is 4.98 Å². The molecule has 0 bridgehead atoms. The van der Waals surface area contributed by atoms with Crippen molar-refractivity contribution in [3.8, 4) is 56.7 Å². The first-order valence-electron chi connectivity index (χ1n) is 25.4. The number of hydrogen-bond donors (Lipinski definition) is 0. The van der Waals surface area contributed by atoms with Crippen LogP contribution in [0, 0.1) is 0 Å². The predicted molar refractivity (Wildman–Crippen MR) is 303 cm³/mol. The molecular formula is C66H64N6. The van der Waals surface area contributed by atoms with Gasteiger partial charge in [0.2, 0.25) is 0 Å². The monoisotopic (exact) mass is 941 g/mol. The molecule has 72 heavy (non-hydrogen) atoms. The first-order valence-corrected chi connectivity index (χ1v) is 25.4. The van der Waals surface area contributed by atoms with Crippen molar-refractivity contribution in [3.05, 3.63) is 192 Å². The van der Waals surface area contributed by atoms with Gasteiger partial charge in [-0.1, -0.05) is 180 Å². The average molecular weight is 941 g/mol. The van der Waals surface area contributed by atoms with E-state index in [-0.39, 0.29) is 21.7 Å². The van der Waals surface area contributed by atoms with Crippen molar-refractivity contribution in [3.63, 3.8) is 0 Å². The van der Waals surface area contributed by atoms with Gasteiger partial charge in [0, 0.05) is 55.6 Å². The predicted octanol–water partition coefficient (Wildman–Crippen LogP) is 17.3. The van der Waals surface area contributed by atoms with E-state index in [1.54, 1.807) is 0 Å². The number of nitrogens with zero attached hydrogens (tertiary/aromatic N) is 6. The van der Waals surface area contributed by atoms with Gasteiger partial charge in [0.1, 0.15) is 0 Å². The minimum Gasteiger partial charge on any atom is -0.309 e. The maximum atomic E-state index is 5.26. The van der Waals surface area contributed by atoms with Crippen LogP contribution < -0.4 is 0 Å². The summed E-state index contributed by atoms with van der Waals surface area (Å²) < 4.78 is 4.91. The van der Waals surface area contributed by atoms with Crippen molar-refractivity contribution in [1.29, 1.82) is 0 Å². The van der Waals surface area contributed by atoms with Crippen LogP contribution in [0.4, 0.5) is 0 Å². The van der Waals surface area contributed by atoms with E-state index in [0.29, 0.717) is 17.5 Å². The van der Waals surface area contributed by atoms with Gasteiger partial charge in [-0.25, -0.2) is 15.0 Å². The Hall–Kier alpha value is -7.70. The third-order valence-corrected chi connectivity index (χ3v) is 14.5. The standard InChI is InChI=1S/C66H64N6/c1-63(2,3)44-24-29-54-50(36-44)51-37-45(64(4,5)6)25-30-55(51)71(54)58-35-43(62-69-60(41-19-15-13-16-20-41)68-61(70-62)42-21-17-14-18-22-42)23-28-48(58)49-33-34-67-40-59(49)72-56-31-26-46(65(7,8)9)38-52(56)53-39-47(66(10,11)12)27-32-57(53)72/h13-40H,1-12H3. The lowest BCUT2D eigenvalue weighted by Crippen LogP contribution is -2.10. The quantitative estimate of drug-likeness (QED) is 0.167. The zero-order chi connectivity index (χ0) is 50.5. The van der Waals surface area contributed by atoms with Crippen LogP contribution in [0.1, 0.15) is 105 Å². The number of fused-ring (bicyclic) bond motifs is 6. The molecule has 0 radical (unpaired) electrons. The van der Waals surface area contributed by atoms with Gasteiger partial charge in [-0.2, -0.15) is 0 Å². The second-order valence-corrected chi connectivity index (χ2v) is 23.8. The molecule has 0 unspecified atom stereocenters. The number of benzene rings is 7. The summed E-state index contributed by atoms with van der Waals surface area (Å²) in [4.78, 5) is 20.5. The molecule has 0 aliphatic heterocycles. The molecule has 0 atom stereocenters. The SMILES string of the molecule is CC(C)(C)c1ccc2c(c1)c1cc(C(C)(C)C)ccc1n2-c1cnccc1-c1ccc(-c2nc(-c3ccccc3)nc(-c3ccccc3)n2)cc1-n1c2ccc(C(C)(C)C)cc2c2cc(C(C)(C)C)ccc21. The lowest BCUT2D eigenvalue weighted by Gasteiger charge is -2.21. The van der Waals surface area contributed by atoms with Gasteiger partial charge in [0.15, 0.2) is 17.5 Å². The summed E-state index contributed by atoms with van der Waals surface area (Å²) in [5.41, 5.74) is 16.5. The molecule has 358 valence electrons. The van der Waals surface area contributed by atoms with Crippen molar-refractivity contribution in [2.45, 2.75) is 105 Å². The normalized spacial score (nSPS) is 12.7. The van der Waals surface area contributed by atoms with E-state index in [9.17, 15) is 0 Å². The molecule has 0 saturated heterocycles. The van der Waals surface area contributed by atoms with E-state index in [2.05, 4.69) is 214 Å². The van der Waals surface area contributed by atoms with Crippen LogP contribution >= 0.6 is 0 Å². The Morgan fingerprint density at radius 2 is 0.667 bits per heavy atom. The van der Waals surface area contributed by atoms with Crippen LogP contribution in [0.2, 0.25) is 0 Å². The van der Waals surface area contributed by atoms with E-state index in [4.69, 9.17) is 19.9 Å². The smallest absolute Gasteiger partial charge is 0.164 e. The molecule has 7 aromatic carbocycles. The second kappa shape index (κ2) is 17.0. The first-order chi connectivity index (χ1) is 34.2. The van der Waals surface area contributed by atoms with Crippen LogP contribution in [0.5, 0.6) is 0 Å².